The molecule has 0 bridgehead atoms. The molecule has 2 aromatic heterocycles. The topological polar surface area (TPSA) is 62.5 Å². The summed E-state index contributed by atoms with van der Waals surface area (Å²) in [4.78, 5) is 19.7. The minimum atomic E-state index is -0.216. The Bertz CT molecular complexity index is 817. The van der Waals surface area contributed by atoms with E-state index in [1.165, 1.54) is 29.9 Å². The van der Waals surface area contributed by atoms with Gasteiger partial charge in [-0.25, -0.2) is 9.50 Å². The van der Waals surface area contributed by atoms with Crippen LogP contribution in [0.3, 0.4) is 0 Å². The van der Waals surface area contributed by atoms with E-state index in [1.807, 2.05) is 12.1 Å². The molecular weight excluding hydrogens is 322 g/mol. The number of carbonyl (C=O) groups excluding carboxylic acids is 1. The first-order valence-corrected chi connectivity index (χ1v) is 9.02. The van der Waals surface area contributed by atoms with Crippen molar-refractivity contribution >= 4 is 33.6 Å². The second kappa shape index (κ2) is 6.24. The molecule has 6 nitrogen and oxygen atoms in total. The third kappa shape index (κ3) is 2.99. The zero-order valence-electron chi connectivity index (χ0n) is 13.5. The van der Waals surface area contributed by atoms with Crippen molar-refractivity contribution < 1.29 is 4.79 Å². The highest BCUT2D eigenvalue weighted by atomic mass is 32.1. The summed E-state index contributed by atoms with van der Waals surface area (Å²) in [5.74, 6) is 0.603. The van der Waals surface area contributed by atoms with Gasteiger partial charge in [0.05, 0.1) is 6.20 Å². The standard InChI is InChI=1S/C17H19N5OS/c1-12-6-8-21(9-7-12)14-4-2-13(3-5-14)19-16(23)15-10-22-17(20-15)24-11-18-22/h2-5,10-12H,6-9H2,1H3,(H,19,23). The molecule has 0 saturated carbocycles. The van der Waals surface area contributed by atoms with E-state index in [0.717, 1.165) is 29.7 Å². The van der Waals surface area contributed by atoms with Crippen molar-refractivity contribution in [2.45, 2.75) is 19.8 Å². The maximum Gasteiger partial charge on any atom is 0.275 e. The van der Waals surface area contributed by atoms with E-state index < -0.39 is 0 Å². The third-order valence-electron chi connectivity index (χ3n) is 4.49. The zero-order valence-corrected chi connectivity index (χ0v) is 14.3. The molecule has 1 aliphatic heterocycles. The Morgan fingerprint density at radius 3 is 2.71 bits per heavy atom. The van der Waals surface area contributed by atoms with Crippen molar-refractivity contribution in [1.29, 1.82) is 0 Å². The van der Waals surface area contributed by atoms with Crippen LogP contribution in [0, 0.1) is 5.92 Å². The number of nitrogens with zero attached hydrogens (tertiary/aromatic N) is 4. The summed E-state index contributed by atoms with van der Waals surface area (Å²) >= 11 is 1.40. The van der Waals surface area contributed by atoms with Crippen LogP contribution in [-0.4, -0.2) is 33.6 Å². The highest BCUT2D eigenvalue weighted by Crippen LogP contribution is 2.24. The predicted octanol–water partition coefficient (Wildman–Crippen LogP) is 3.28. The first-order valence-electron chi connectivity index (χ1n) is 8.14. The Kier molecular flexibility index (Phi) is 3.93. The van der Waals surface area contributed by atoms with Gasteiger partial charge in [-0.3, -0.25) is 4.79 Å². The molecule has 3 heterocycles. The molecule has 1 fully saturated rings. The van der Waals surface area contributed by atoms with Gasteiger partial charge in [-0.05, 0) is 43.0 Å². The SMILES string of the molecule is CC1CCN(c2ccc(NC(=O)c3cn4ncsc4n3)cc2)CC1. The number of benzene rings is 1. The van der Waals surface area contributed by atoms with Crippen LogP contribution in [0.25, 0.3) is 4.96 Å². The smallest absolute Gasteiger partial charge is 0.275 e. The van der Waals surface area contributed by atoms with E-state index in [4.69, 9.17) is 0 Å². The second-order valence-electron chi connectivity index (χ2n) is 6.26. The lowest BCUT2D eigenvalue weighted by Crippen LogP contribution is -2.32. The maximum absolute atomic E-state index is 12.3. The van der Waals surface area contributed by atoms with Crippen molar-refractivity contribution in [3.8, 4) is 0 Å². The second-order valence-corrected chi connectivity index (χ2v) is 7.07. The van der Waals surface area contributed by atoms with Crippen LogP contribution >= 0.6 is 11.3 Å². The molecular formula is C17H19N5OS. The first-order chi connectivity index (χ1) is 11.7. The van der Waals surface area contributed by atoms with Crippen LogP contribution in [0.15, 0.2) is 36.0 Å². The number of aromatic nitrogens is 3. The third-order valence-corrected chi connectivity index (χ3v) is 5.18. The minimum absolute atomic E-state index is 0.216. The number of imidazole rings is 1. The van der Waals surface area contributed by atoms with E-state index in [1.54, 1.807) is 16.2 Å². The Labute approximate surface area is 144 Å². The number of nitrogens with one attached hydrogen (secondary N) is 1. The molecule has 1 aliphatic rings. The number of hydrogen-bond acceptors (Lipinski definition) is 5. The fraction of sp³-hybridized carbons (Fsp3) is 0.353. The Morgan fingerprint density at radius 1 is 1.25 bits per heavy atom. The van der Waals surface area contributed by atoms with Crippen LogP contribution < -0.4 is 10.2 Å². The van der Waals surface area contributed by atoms with Crippen molar-refractivity contribution in [2.24, 2.45) is 5.92 Å². The molecule has 1 amide bonds. The van der Waals surface area contributed by atoms with Gasteiger partial charge in [-0.1, -0.05) is 18.3 Å². The van der Waals surface area contributed by atoms with Crippen molar-refractivity contribution in [1.82, 2.24) is 14.6 Å². The molecule has 0 radical (unpaired) electrons. The van der Waals surface area contributed by atoms with Gasteiger partial charge in [0.2, 0.25) is 4.96 Å². The number of anilines is 2. The van der Waals surface area contributed by atoms with E-state index >= 15 is 0 Å². The molecule has 0 unspecified atom stereocenters. The molecule has 1 saturated heterocycles. The summed E-state index contributed by atoms with van der Waals surface area (Å²) in [6, 6.07) is 8.03. The lowest BCUT2D eigenvalue weighted by Gasteiger charge is -2.32. The lowest BCUT2D eigenvalue weighted by molar-refractivity contribution is 0.102. The van der Waals surface area contributed by atoms with Crippen molar-refractivity contribution in [2.75, 3.05) is 23.3 Å². The summed E-state index contributed by atoms with van der Waals surface area (Å²) in [5, 5.41) is 6.97. The molecule has 4 rings (SSSR count). The molecule has 0 spiro atoms. The summed E-state index contributed by atoms with van der Waals surface area (Å²) in [6.07, 6.45) is 4.12. The summed E-state index contributed by atoms with van der Waals surface area (Å²) in [6.45, 7) is 4.52. The maximum atomic E-state index is 12.3. The number of hydrogen-bond donors (Lipinski definition) is 1. The average Bonchev–Trinajstić information content (AvgIpc) is 3.18. The van der Waals surface area contributed by atoms with Gasteiger partial charge in [0.15, 0.2) is 0 Å². The van der Waals surface area contributed by atoms with Gasteiger partial charge in [0.25, 0.3) is 5.91 Å². The summed E-state index contributed by atoms with van der Waals surface area (Å²) in [5.41, 5.74) is 4.07. The summed E-state index contributed by atoms with van der Waals surface area (Å²) in [7, 11) is 0. The van der Waals surface area contributed by atoms with E-state index in [9.17, 15) is 4.79 Å². The van der Waals surface area contributed by atoms with Crippen molar-refractivity contribution in [3.05, 3.63) is 41.7 Å². The first kappa shape index (κ1) is 15.1. The largest absolute Gasteiger partial charge is 0.372 e. The number of fused-ring (bicyclic) bond motifs is 1. The van der Waals surface area contributed by atoms with Crippen LogP contribution in [0.5, 0.6) is 0 Å². The normalized spacial score (nSPS) is 15.8. The minimum Gasteiger partial charge on any atom is -0.372 e. The quantitative estimate of drug-likeness (QED) is 0.794. The molecule has 7 heteroatoms. The van der Waals surface area contributed by atoms with E-state index in [0.29, 0.717) is 5.69 Å². The molecule has 1 N–H and O–H groups in total. The number of rotatable bonds is 3. The fourth-order valence-corrected chi connectivity index (χ4v) is 3.57. The van der Waals surface area contributed by atoms with Crippen LogP contribution in [0.4, 0.5) is 11.4 Å². The highest BCUT2D eigenvalue weighted by Gasteiger charge is 2.16. The Morgan fingerprint density at radius 2 is 2.00 bits per heavy atom. The van der Waals surface area contributed by atoms with Crippen LogP contribution in [0.1, 0.15) is 30.3 Å². The molecule has 124 valence electrons. The van der Waals surface area contributed by atoms with Gasteiger partial charge < -0.3 is 10.2 Å². The molecule has 1 aromatic carbocycles. The average molecular weight is 341 g/mol. The fourth-order valence-electron chi connectivity index (χ4n) is 2.97. The Hall–Kier alpha value is -2.41. The number of piperidine rings is 1. The monoisotopic (exact) mass is 341 g/mol. The van der Waals surface area contributed by atoms with Gasteiger partial charge >= 0.3 is 0 Å². The Balaban J connectivity index is 1.43. The van der Waals surface area contributed by atoms with E-state index in [2.05, 4.69) is 39.4 Å². The molecule has 24 heavy (non-hydrogen) atoms. The van der Waals surface area contributed by atoms with E-state index in [-0.39, 0.29) is 5.91 Å². The van der Waals surface area contributed by atoms with Gasteiger partial charge in [0, 0.05) is 24.5 Å². The highest BCUT2D eigenvalue weighted by molar-refractivity contribution is 7.14. The van der Waals surface area contributed by atoms with Gasteiger partial charge in [-0.2, -0.15) is 5.10 Å². The van der Waals surface area contributed by atoms with Gasteiger partial charge in [-0.15, -0.1) is 0 Å². The molecule has 0 aliphatic carbocycles. The number of amides is 1. The van der Waals surface area contributed by atoms with Crippen molar-refractivity contribution in [3.63, 3.8) is 0 Å². The summed E-state index contributed by atoms with van der Waals surface area (Å²) < 4.78 is 1.61. The molecule has 0 atom stereocenters. The van der Waals surface area contributed by atoms with Crippen LogP contribution in [0.2, 0.25) is 0 Å². The lowest BCUT2D eigenvalue weighted by atomic mass is 9.99. The predicted molar refractivity (Wildman–Crippen MR) is 95.9 cm³/mol. The van der Waals surface area contributed by atoms with Crippen LogP contribution in [-0.2, 0) is 0 Å². The number of carbonyl (C=O) groups is 1. The zero-order chi connectivity index (χ0) is 16.5. The van der Waals surface area contributed by atoms with Gasteiger partial charge in [0.1, 0.15) is 11.2 Å². The molecule has 3 aromatic rings.